The zero-order valence-electron chi connectivity index (χ0n) is 33.9. The Hall–Kier alpha value is -0.160. The van der Waals surface area contributed by atoms with E-state index in [4.69, 9.17) is 18.9 Å². The molecular weight excluding hydrogens is 604 g/mol. The minimum atomic E-state index is 0.00806. The summed E-state index contributed by atoms with van der Waals surface area (Å²) >= 11 is 0. The minimum Gasteiger partial charge on any atom is -0.379 e. The maximum Gasteiger partial charge on any atom is 0.114 e. The molecule has 49 heavy (non-hydrogen) atoms. The van der Waals surface area contributed by atoms with Crippen molar-refractivity contribution in [3.05, 3.63) is 0 Å². The van der Waals surface area contributed by atoms with Gasteiger partial charge in [-0.2, -0.15) is 0 Å². The van der Waals surface area contributed by atoms with Crippen LogP contribution in [-0.2, 0) is 18.9 Å². The van der Waals surface area contributed by atoms with E-state index < -0.39 is 0 Å². The van der Waals surface area contributed by atoms with Crippen LogP contribution in [0, 0.1) is 0 Å². The van der Waals surface area contributed by atoms with E-state index in [9.17, 15) is 0 Å². The van der Waals surface area contributed by atoms with Crippen molar-refractivity contribution in [1.82, 2.24) is 0 Å². The van der Waals surface area contributed by atoms with Gasteiger partial charge in [0.15, 0.2) is 0 Å². The minimum absolute atomic E-state index is 0.00806. The molecule has 1 heterocycles. The summed E-state index contributed by atoms with van der Waals surface area (Å²) in [5.41, 5.74) is 0. The molecule has 4 nitrogen and oxygen atoms in total. The van der Waals surface area contributed by atoms with Crippen molar-refractivity contribution >= 4 is 0 Å². The van der Waals surface area contributed by atoms with Crippen LogP contribution in [0.25, 0.3) is 0 Å². The number of hydrogen-bond acceptors (Lipinski definition) is 4. The third-order valence-corrected chi connectivity index (χ3v) is 10.8. The Morgan fingerprint density at radius 1 is 0.367 bits per heavy atom. The molecule has 0 aliphatic carbocycles. The molecule has 0 aromatic carbocycles. The predicted octanol–water partition coefficient (Wildman–Crippen LogP) is 14.5. The molecule has 0 bridgehead atoms. The van der Waals surface area contributed by atoms with Gasteiger partial charge in [-0.3, -0.25) is 0 Å². The molecule has 1 aliphatic heterocycles. The van der Waals surface area contributed by atoms with Crippen molar-refractivity contribution in [2.24, 2.45) is 0 Å². The Kier molecular flexibility index (Phi) is 37.4. The highest BCUT2D eigenvalue weighted by Gasteiger charge is 2.39. The van der Waals surface area contributed by atoms with E-state index in [0.29, 0.717) is 13.2 Å². The molecular formula is C45H90O4. The zero-order chi connectivity index (χ0) is 35.1. The zero-order valence-corrected chi connectivity index (χ0v) is 33.9. The van der Waals surface area contributed by atoms with Crippen LogP contribution in [0.2, 0.25) is 0 Å². The van der Waals surface area contributed by atoms with Gasteiger partial charge in [0.05, 0.1) is 13.2 Å². The molecule has 0 N–H and O–H groups in total. The third-order valence-electron chi connectivity index (χ3n) is 10.8. The van der Waals surface area contributed by atoms with Crippen LogP contribution >= 0.6 is 0 Å². The Bertz CT molecular complexity index is 613. The van der Waals surface area contributed by atoms with E-state index in [-0.39, 0.29) is 18.3 Å². The SMILES string of the molecule is CCCCCCCCCCCCCCCCCCO[C@H]1[C@@H](OCCCCCCCCCCCCCCCCCC)CO[C@@H]1COCCCC. The van der Waals surface area contributed by atoms with Gasteiger partial charge in [0.2, 0.25) is 0 Å². The van der Waals surface area contributed by atoms with Gasteiger partial charge in [0.1, 0.15) is 18.3 Å². The van der Waals surface area contributed by atoms with Gasteiger partial charge in [-0.25, -0.2) is 0 Å². The van der Waals surface area contributed by atoms with Gasteiger partial charge in [0, 0.05) is 19.8 Å². The standard InChI is InChI=1S/C45H90O4/c1-4-7-10-12-14-16-18-20-22-24-26-28-30-32-34-36-39-47-44-42-49-43(41-46-38-9-6-3)45(44)48-40-37-35-33-31-29-27-25-23-21-19-17-15-13-11-8-5-2/h43-45H,4-42H2,1-3H3/t43-,44+,45-/m1/s1. The van der Waals surface area contributed by atoms with Crippen LogP contribution in [0.3, 0.4) is 0 Å². The lowest BCUT2D eigenvalue weighted by molar-refractivity contribution is -0.0798. The van der Waals surface area contributed by atoms with E-state index in [1.165, 1.54) is 193 Å². The molecule has 0 radical (unpaired) electrons. The van der Waals surface area contributed by atoms with E-state index in [2.05, 4.69) is 20.8 Å². The summed E-state index contributed by atoms with van der Waals surface area (Å²) in [6.07, 6.45) is 47.0. The maximum atomic E-state index is 6.46. The Morgan fingerprint density at radius 3 is 1.06 bits per heavy atom. The van der Waals surface area contributed by atoms with E-state index in [1.54, 1.807) is 0 Å². The normalized spacial score (nSPS) is 17.8. The summed E-state index contributed by atoms with van der Waals surface area (Å²) in [6.45, 7) is 10.5. The lowest BCUT2D eigenvalue weighted by atomic mass is 10.0. The predicted molar refractivity (Wildman–Crippen MR) is 214 cm³/mol. The number of ether oxygens (including phenoxy) is 4. The highest BCUT2D eigenvalue weighted by molar-refractivity contribution is 4.86. The first-order valence-electron chi connectivity index (χ1n) is 22.8. The van der Waals surface area contributed by atoms with Crippen molar-refractivity contribution in [3.8, 4) is 0 Å². The fourth-order valence-electron chi connectivity index (χ4n) is 7.35. The average molecular weight is 695 g/mol. The molecule has 4 heteroatoms. The van der Waals surface area contributed by atoms with Crippen molar-refractivity contribution in [3.63, 3.8) is 0 Å². The van der Waals surface area contributed by atoms with Crippen molar-refractivity contribution in [2.75, 3.05) is 33.0 Å². The highest BCUT2D eigenvalue weighted by atomic mass is 16.6. The summed E-state index contributed by atoms with van der Waals surface area (Å²) in [5, 5.41) is 0. The average Bonchev–Trinajstić information content (AvgIpc) is 3.50. The Balaban J connectivity index is 2.04. The highest BCUT2D eigenvalue weighted by Crippen LogP contribution is 2.23. The van der Waals surface area contributed by atoms with Crippen molar-refractivity contribution < 1.29 is 18.9 Å². The Morgan fingerprint density at radius 2 is 0.694 bits per heavy atom. The van der Waals surface area contributed by atoms with Gasteiger partial charge in [-0.05, 0) is 19.3 Å². The van der Waals surface area contributed by atoms with Crippen LogP contribution in [0.5, 0.6) is 0 Å². The molecule has 0 aromatic heterocycles. The van der Waals surface area contributed by atoms with Crippen molar-refractivity contribution in [1.29, 1.82) is 0 Å². The molecule has 1 rings (SSSR count). The van der Waals surface area contributed by atoms with Crippen LogP contribution < -0.4 is 0 Å². The molecule has 3 atom stereocenters. The smallest absolute Gasteiger partial charge is 0.114 e. The van der Waals surface area contributed by atoms with E-state index in [1.807, 2.05) is 0 Å². The first-order chi connectivity index (χ1) is 24.3. The number of rotatable bonds is 41. The summed E-state index contributed by atoms with van der Waals surface area (Å²) < 4.78 is 24.9. The number of unbranched alkanes of at least 4 members (excludes halogenated alkanes) is 31. The van der Waals surface area contributed by atoms with Crippen LogP contribution in [0.4, 0.5) is 0 Å². The molecule has 0 aromatic rings. The molecule has 294 valence electrons. The Labute approximate surface area is 308 Å². The van der Waals surface area contributed by atoms with E-state index >= 15 is 0 Å². The van der Waals surface area contributed by atoms with E-state index in [0.717, 1.165) is 45.5 Å². The second-order valence-corrected chi connectivity index (χ2v) is 15.7. The first-order valence-corrected chi connectivity index (χ1v) is 22.8. The first kappa shape index (κ1) is 46.9. The fraction of sp³-hybridized carbons (Fsp3) is 1.00. The summed E-state index contributed by atoms with van der Waals surface area (Å²) in [4.78, 5) is 0. The lowest BCUT2D eigenvalue weighted by Crippen LogP contribution is -2.38. The third kappa shape index (κ3) is 31.1. The summed E-state index contributed by atoms with van der Waals surface area (Å²) in [6, 6.07) is 0. The van der Waals surface area contributed by atoms with Gasteiger partial charge >= 0.3 is 0 Å². The molecule has 1 saturated heterocycles. The van der Waals surface area contributed by atoms with Crippen LogP contribution in [-0.4, -0.2) is 51.3 Å². The summed E-state index contributed by atoms with van der Waals surface area (Å²) in [7, 11) is 0. The molecule has 0 spiro atoms. The second-order valence-electron chi connectivity index (χ2n) is 15.7. The molecule has 1 aliphatic rings. The molecule has 0 saturated carbocycles. The van der Waals surface area contributed by atoms with Gasteiger partial charge in [0.25, 0.3) is 0 Å². The molecule has 0 amide bonds. The second kappa shape index (κ2) is 39.1. The van der Waals surface area contributed by atoms with Gasteiger partial charge < -0.3 is 18.9 Å². The largest absolute Gasteiger partial charge is 0.379 e. The molecule has 1 fully saturated rings. The topological polar surface area (TPSA) is 36.9 Å². The number of hydrogen-bond donors (Lipinski definition) is 0. The monoisotopic (exact) mass is 695 g/mol. The fourth-order valence-corrected chi connectivity index (χ4v) is 7.35. The summed E-state index contributed by atoms with van der Waals surface area (Å²) in [5.74, 6) is 0. The van der Waals surface area contributed by atoms with Gasteiger partial charge in [-0.15, -0.1) is 0 Å². The van der Waals surface area contributed by atoms with Gasteiger partial charge in [-0.1, -0.05) is 220 Å². The molecule has 0 unspecified atom stereocenters. The quantitative estimate of drug-likeness (QED) is 0.0597. The van der Waals surface area contributed by atoms with Crippen LogP contribution in [0.15, 0.2) is 0 Å². The van der Waals surface area contributed by atoms with Crippen LogP contribution in [0.1, 0.15) is 239 Å². The van der Waals surface area contributed by atoms with Crippen molar-refractivity contribution in [2.45, 2.75) is 257 Å². The maximum absolute atomic E-state index is 6.46. The lowest BCUT2D eigenvalue weighted by Gasteiger charge is -2.23.